The molecule has 2 atom stereocenters. The quantitative estimate of drug-likeness (QED) is 0.693. The van der Waals surface area contributed by atoms with Crippen LogP contribution < -0.4 is 10.6 Å². The van der Waals surface area contributed by atoms with Crippen molar-refractivity contribution in [2.75, 3.05) is 26.2 Å². The van der Waals surface area contributed by atoms with Crippen molar-refractivity contribution in [3.8, 4) is 0 Å². The largest absolute Gasteiger partial charge is 0.388 e. The third-order valence-electron chi connectivity index (χ3n) is 5.98. The van der Waals surface area contributed by atoms with Gasteiger partial charge in [0.2, 0.25) is 11.8 Å². The third-order valence-corrected chi connectivity index (χ3v) is 5.98. The first-order chi connectivity index (χ1) is 13.3. The lowest BCUT2D eigenvalue weighted by molar-refractivity contribution is -0.207. The van der Waals surface area contributed by atoms with Gasteiger partial charge in [-0.2, -0.15) is 0 Å². The molecule has 0 bridgehead atoms. The van der Waals surface area contributed by atoms with E-state index in [1.54, 1.807) is 0 Å². The predicted octanol–water partition coefficient (Wildman–Crippen LogP) is 0.813. The van der Waals surface area contributed by atoms with Crippen LogP contribution in [0, 0.1) is 0 Å². The fourth-order valence-corrected chi connectivity index (χ4v) is 4.36. The molecule has 2 heterocycles. The summed E-state index contributed by atoms with van der Waals surface area (Å²) in [5.41, 5.74) is -0.268. The zero-order valence-corrected chi connectivity index (χ0v) is 16.7. The summed E-state index contributed by atoms with van der Waals surface area (Å²) < 4.78 is 6.03. The van der Waals surface area contributed by atoms with Crippen LogP contribution in [-0.4, -0.2) is 65.3 Å². The van der Waals surface area contributed by atoms with Crippen LogP contribution in [0.4, 0.5) is 0 Å². The maximum absolute atomic E-state index is 12.3. The van der Waals surface area contributed by atoms with Crippen molar-refractivity contribution in [1.82, 2.24) is 15.5 Å². The number of nitrogens with one attached hydrogen (secondary N) is 2. The number of aliphatic hydroxyl groups is 1. The van der Waals surface area contributed by atoms with Gasteiger partial charge in [0.05, 0.1) is 17.7 Å². The van der Waals surface area contributed by atoms with Crippen LogP contribution in [0.25, 0.3) is 0 Å². The molecular formula is C21H31N3O4. The van der Waals surface area contributed by atoms with Gasteiger partial charge in [0.15, 0.2) is 0 Å². The fourth-order valence-electron chi connectivity index (χ4n) is 4.36. The lowest BCUT2D eigenvalue weighted by Crippen LogP contribution is -2.69. The van der Waals surface area contributed by atoms with Gasteiger partial charge in [0, 0.05) is 33.2 Å². The highest BCUT2D eigenvalue weighted by molar-refractivity contribution is 5.78. The molecule has 154 valence electrons. The van der Waals surface area contributed by atoms with Crippen molar-refractivity contribution >= 4 is 11.8 Å². The molecule has 7 heteroatoms. The van der Waals surface area contributed by atoms with Gasteiger partial charge in [-0.3, -0.25) is 14.5 Å². The maximum Gasteiger partial charge on any atom is 0.234 e. The molecule has 0 saturated carbocycles. The summed E-state index contributed by atoms with van der Waals surface area (Å²) in [6, 6.07) is 9.83. The van der Waals surface area contributed by atoms with Crippen LogP contribution in [0.1, 0.15) is 38.7 Å². The zero-order chi connectivity index (χ0) is 20.2. The first-order valence-electron chi connectivity index (χ1n) is 9.97. The van der Waals surface area contributed by atoms with Crippen molar-refractivity contribution in [3.05, 3.63) is 35.9 Å². The molecule has 1 spiro atoms. The normalized spacial score (nSPS) is 27.3. The number of rotatable bonds is 5. The lowest BCUT2D eigenvalue weighted by Gasteiger charge is -2.53. The number of carbonyl (C=O) groups excluding carboxylic acids is 2. The highest BCUT2D eigenvalue weighted by Gasteiger charge is 2.53. The Morgan fingerprint density at radius 1 is 1.21 bits per heavy atom. The Morgan fingerprint density at radius 3 is 2.54 bits per heavy atom. The second-order valence-electron chi connectivity index (χ2n) is 8.20. The number of likely N-dealkylation sites (tertiary alicyclic amines) is 1. The van der Waals surface area contributed by atoms with Crippen LogP contribution in [0.15, 0.2) is 30.3 Å². The van der Waals surface area contributed by atoms with Gasteiger partial charge in [-0.15, -0.1) is 0 Å². The molecule has 2 fully saturated rings. The second kappa shape index (κ2) is 8.59. The summed E-state index contributed by atoms with van der Waals surface area (Å²) in [4.78, 5) is 25.9. The van der Waals surface area contributed by atoms with E-state index in [9.17, 15) is 14.7 Å². The molecule has 0 radical (unpaired) electrons. The number of nitrogens with zero attached hydrogens (tertiary/aromatic N) is 1. The smallest absolute Gasteiger partial charge is 0.234 e. The summed E-state index contributed by atoms with van der Waals surface area (Å²) in [5.74, 6) is -0.154. The molecule has 1 aromatic carbocycles. The minimum absolute atomic E-state index is 0.00648. The Hall–Kier alpha value is -1.96. The molecule has 1 aromatic rings. The monoisotopic (exact) mass is 389 g/mol. The van der Waals surface area contributed by atoms with Gasteiger partial charge in [0.25, 0.3) is 0 Å². The van der Waals surface area contributed by atoms with Gasteiger partial charge < -0.3 is 20.5 Å². The molecule has 0 aliphatic carbocycles. The molecule has 2 amide bonds. The van der Waals surface area contributed by atoms with Gasteiger partial charge in [0.1, 0.15) is 6.10 Å². The number of ether oxygens (including phenoxy) is 1. The Morgan fingerprint density at radius 2 is 1.89 bits per heavy atom. The lowest BCUT2D eigenvalue weighted by atomic mass is 9.73. The molecule has 2 saturated heterocycles. The van der Waals surface area contributed by atoms with E-state index in [4.69, 9.17) is 4.74 Å². The number of benzene rings is 1. The molecule has 3 rings (SSSR count). The van der Waals surface area contributed by atoms with Gasteiger partial charge in [-0.05, 0) is 31.7 Å². The molecule has 3 N–H and O–H groups in total. The first-order valence-corrected chi connectivity index (χ1v) is 9.97. The minimum atomic E-state index is -0.772. The predicted molar refractivity (Wildman–Crippen MR) is 105 cm³/mol. The van der Waals surface area contributed by atoms with E-state index in [0.29, 0.717) is 52.0 Å². The summed E-state index contributed by atoms with van der Waals surface area (Å²) >= 11 is 0. The Labute approximate surface area is 166 Å². The van der Waals surface area contributed by atoms with Crippen molar-refractivity contribution in [3.63, 3.8) is 0 Å². The molecular weight excluding hydrogens is 358 g/mol. The molecule has 0 unspecified atom stereocenters. The molecule has 0 aromatic heterocycles. The highest BCUT2D eigenvalue weighted by atomic mass is 16.5. The van der Waals surface area contributed by atoms with Crippen LogP contribution >= 0.6 is 0 Å². The van der Waals surface area contributed by atoms with Crippen LogP contribution in [-0.2, 0) is 20.9 Å². The maximum atomic E-state index is 12.3. The standard InChI is InChI=1S/C21H31N3O4/c1-16(25)23-20(2)10-13-28-21(19(20)27)8-11-24(12-9-21)15-18(26)22-14-17-6-4-3-5-7-17/h3-7,19,27H,8-15H2,1-2H3,(H,22,26)(H,23,25)/t19-,20+/m1/s1. The average molecular weight is 389 g/mol. The zero-order valence-electron chi connectivity index (χ0n) is 16.7. The number of hydrogen-bond donors (Lipinski definition) is 3. The first kappa shape index (κ1) is 20.8. The average Bonchev–Trinajstić information content (AvgIpc) is 2.67. The van der Waals surface area contributed by atoms with Crippen molar-refractivity contribution < 1.29 is 19.4 Å². The molecule has 7 nitrogen and oxygen atoms in total. The summed E-state index contributed by atoms with van der Waals surface area (Å²) in [7, 11) is 0. The fraction of sp³-hybridized carbons (Fsp3) is 0.619. The summed E-state index contributed by atoms with van der Waals surface area (Å²) in [6.45, 7) is 6.06. The SMILES string of the molecule is CC(=O)N[C@@]1(C)CCOC2(CCN(CC(=O)NCc3ccccc3)CC2)[C@@H]1O. The minimum Gasteiger partial charge on any atom is -0.388 e. The van der Waals surface area contributed by atoms with E-state index >= 15 is 0 Å². The van der Waals surface area contributed by atoms with Gasteiger partial charge in [-0.1, -0.05) is 30.3 Å². The summed E-state index contributed by atoms with van der Waals surface area (Å²) in [6.07, 6.45) is 1.08. The Kier molecular flexibility index (Phi) is 6.37. The number of amides is 2. The second-order valence-corrected chi connectivity index (χ2v) is 8.20. The number of piperidine rings is 1. The van der Waals surface area contributed by atoms with Gasteiger partial charge in [-0.25, -0.2) is 0 Å². The van der Waals surface area contributed by atoms with E-state index in [1.807, 2.05) is 37.3 Å². The van der Waals surface area contributed by atoms with Gasteiger partial charge >= 0.3 is 0 Å². The Balaban J connectivity index is 1.50. The van der Waals surface area contributed by atoms with Crippen molar-refractivity contribution in [2.45, 2.75) is 56.9 Å². The van der Waals surface area contributed by atoms with Crippen LogP contribution in [0.5, 0.6) is 0 Å². The topological polar surface area (TPSA) is 90.9 Å². The van der Waals surface area contributed by atoms with E-state index < -0.39 is 17.2 Å². The Bertz CT molecular complexity index is 688. The van der Waals surface area contributed by atoms with Crippen molar-refractivity contribution in [2.24, 2.45) is 0 Å². The van der Waals surface area contributed by atoms with Crippen LogP contribution in [0.3, 0.4) is 0 Å². The van der Waals surface area contributed by atoms with Crippen molar-refractivity contribution in [1.29, 1.82) is 0 Å². The van der Waals surface area contributed by atoms with E-state index in [0.717, 1.165) is 5.56 Å². The third kappa shape index (κ3) is 4.71. The highest BCUT2D eigenvalue weighted by Crippen LogP contribution is 2.39. The van der Waals surface area contributed by atoms with E-state index in [-0.39, 0.29) is 11.8 Å². The van der Waals surface area contributed by atoms with Crippen LogP contribution in [0.2, 0.25) is 0 Å². The number of aliphatic hydroxyl groups excluding tert-OH is 1. The van der Waals surface area contributed by atoms with E-state index in [1.165, 1.54) is 6.92 Å². The van der Waals surface area contributed by atoms with E-state index in [2.05, 4.69) is 15.5 Å². The number of carbonyl (C=O) groups is 2. The molecule has 28 heavy (non-hydrogen) atoms. The molecule has 2 aliphatic heterocycles. The number of hydrogen-bond acceptors (Lipinski definition) is 5. The summed E-state index contributed by atoms with van der Waals surface area (Å²) in [5, 5.41) is 16.9. The molecule has 2 aliphatic rings.